The maximum Gasteiger partial charge on any atom is 0.129 e. The molecule has 23 heavy (non-hydrogen) atoms. The Morgan fingerprint density at radius 3 is 2.74 bits per heavy atom. The summed E-state index contributed by atoms with van der Waals surface area (Å²) in [7, 11) is 3.35. The fourth-order valence-corrected chi connectivity index (χ4v) is 3.09. The van der Waals surface area contributed by atoms with Crippen molar-refractivity contribution in [1.29, 1.82) is 5.26 Å². The predicted molar refractivity (Wildman–Crippen MR) is 87.8 cm³/mol. The van der Waals surface area contributed by atoms with Crippen LogP contribution in [0.3, 0.4) is 0 Å². The molecule has 1 unspecified atom stereocenters. The first-order chi connectivity index (χ1) is 11.3. The van der Waals surface area contributed by atoms with Crippen molar-refractivity contribution < 1.29 is 9.47 Å². The van der Waals surface area contributed by atoms with Gasteiger partial charge in [0.1, 0.15) is 23.4 Å². The standard InChI is InChI=1S/C18H19N3O2/c1-22-14-6-7-17(23-2)15(10-14)16-4-3-9-21(16)18-8-5-13(11-19)12-20-18/h5-8,10,12,16H,3-4,9H2,1-2H3. The smallest absolute Gasteiger partial charge is 0.129 e. The second-order valence-electron chi connectivity index (χ2n) is 5.48. The lowest BCUT2D eigenvalue weighted by Gasteiger charge is -2.27. The lowest BCUT2D eigenvalue weighted by Crippen LogP contribution is -2.24. The van der Waals surface area contributed by atoms with E-state index in [2.05, 4.69) is 16.0 Å². The van der Waals surface area contributed by atoms with E-state index in [9.17, 15) is 0 Å². The van der Waals surface area contributed by atoms with Gasteiger partial charge in [0.25, 0.3) is 0 Å². The molecule has 0 spiro atoms. The highest BCUT2D eigenvalue weighted by atomic mass is 16.5. The first-order valence-electron chi connectivity index (χ1n) is 7.61. The summed E-state index contributed by atoms with van der Waals surface area (Å²) < 4.78 is 10.9. The van der Waals surface area contributed by atoms with Gasteiger partial charge in [0, 0.05) is 18.3 Å². The molecule has 3 rings (SSSR count). The third-order valence-electron chi connectivity index (χ3n) is 4.22. The summed E-state index contributed by atoms with van der Waals surface area (Å²) >= 11 is 0. The van der Waals surface area contributed by atoms with Crippen molar-refractivity contribution in [2.45, 2.75) is 18.9 Å². The zero-order valence-corrected chi connectivity index (χ0v) is 13.3. The van der Waals surface area contributed by atoms with Gasteiger partial charge in [0.05, 0.1) is 25.8 Å². The highest BCUT2D eigenvalue weighted by Gasteiger charge is 2.29. The Morgan fingerprint density at radius 2 is 2.09 bits per heavy atom. The van der Waals surface area contributed by atoms with Gasteiger partial charge in [-0.3, -0.25) is 0 Å². The van der Waals surface area contributed by atoms with Crippen LogP contribution < -0.4 is 14.4 Å². The number of methoxy groups -OCH3 is 2. The van der Waals surface area contributed by atoms with Crippen LogP contribution in [0.4, 0.5) is 5.82 Å². The number of anilines is 1. The molecular weight excluding hydrogens is 290 g/mol. The largest absolute Gasteiger partial charge is 0.497 e. The molecule has 0 saturated carbocycles. The van der Waals surface area contributed by atoms with E-state index < -0.39 is 0 Å². The van der Waals surface area contributed by atoms with Crippen molar-refractivity contribution in [1.82, 2.24) is 4.98 Å². The van der Waals surface area contributed by atoms with Crippen molar-refractivity contribution in [3.05, 3.63) is 47.7 Å². The monoisotopic (exact) mass is 309 g/mol. The van der Waals surface area contributed by atoms with Crippen LogP contribution in [0.1, 0.15) is 30.0 Å². The fraction of sp³-hybridized carbons (Fsp3) is 0.333. The Hall–Kier alpha value is -2.74. The highest BCUT2D eigenvalue weighted by molar-refractivity contribution is 5.50. The molecule has 5 nitrogen and oxygen atoms in total. The van der Waals surface area contributed by atoms with Gasteiger partial charge in [0.2, 0.25) is 0 Å². The topological polar surface area (TPSA) is 58.4 Å². The molecule has 1 aromatic heterocycles. The number of hydrogen-bond donors (Lipinski definition) is 0. The first-order valence-corrected chi connectivity index (χ1v) is 7.61. The maximum absolute atomic E-state index is 8.92. The average Bonchev–Trinajstić information content (AvgIpc) is 3.10. The number of nitrogens with zero attached hydrogens (tertiary/aromatic N) is 3. The van der Waals surface area contributed by atoms with Crippen LogP contribution in [0.15, 0.2) is 36.5 Å². The van der Waals surface area contributed by atoms with Gasteiger partial charge >= 0.3 is 0 Å². The Bertz CT molecular complexity index is 722. The van der Waals surface area contributed by atoms with E-state index in [1.807, 2.05) is 24.3 Å². The normalized spacial score (nSPS) is 16.9. The fourth-order valence-electron chi connectivity index (χ4n) is 3.09. The predicted octanol–water partition coefficient (Wildman–Crippen LogP) is 3.31. The summed E-state index contributed by atoms with van der Waals surface area (Å²) in [5.41, 5.74) is 1.68. The van der Waals surface area contributed by atoms with Crippen molar-refractivity contribution in [3.63, 3.8) is 0 Å². The molecule has 0 aliphatic carbocycles. The molecule has 2 aromatic rings. The number of aromatic nitrogens is 1. The summed E-state index contributed by atoms with van der Waals surface area (Å²) in [6, 6.07) is 11.9. The molecule has 1 aliphatic rings. The number of rotatable bonds is 4. The molecule has 1 aromatic carbocycles. The van der Waals surface area contributed by atoms with E-state index in [1.54, 1.807) is 26.5 Å². The van der Waals surface area contributed by atoms with Gasteiger partial charge in [-0.25, -0.2) is 4.98 Å². The lowest BCUT2D eigenvalue weighted by atomic mass is 10.0. The van der Waals surface area contributed by atoms with Gasteiger partial charge in [-0.1, -0.05) is 0 Å². The van der Waals surface area contributed by atoms with E-state index >= 15 is 0 Å². The molecule has 1 atom stereocenters. The van der Waals surface area contributed by atoms with E-state index in [0.29, 0.717) is 5.56 Å². The lowest BCUT2D eigenvalue weighted by molar-refractivity contribution is 0.395. The quantitative estimate of drug-likeness (QED) is 0.867. The zero-order valence-electron chi connectivity index (χ0n) is 13.3. The van der Waals surface area contributed by atoms with Gasteiger partial charge in [-0.05, 0) is 43.2 Å². The van der Waals surface area contributed by atoms with Crippen molar-refractivity contribution >= 4 is 5.82 Å². The zero-order chi connectivity index (χ0) is 16.2. The van der Waals surface area contributed by atoms with Gasteiger partial charge in [0.15, 0.2) is 0 Å². The number of benzene rings is 1. The van der Waals surface area contributed by atoms with Crippen LogP contribution in [-0.4, -0.2) is 25.7 Å². The molecule has 1 fully saturated rings. The van der Waals surface area contributed by atoms with Crippen LogP contribution in [0.5, 0.6) is 11.5 Å². The van der Waals surface area contributed by atoms with Crippen molar-refractivity contribution in [2.24, 2.45) is 0 Å². The number of hydrogen-bond acceptors (Lipinski definition) is 5. The Morgan fingerprint density at radius 1 is 1.22 bits per heavy atom. The Balaban J connectivity index is 1.96. The maximum atomic E-state index is 8.92. The van der Waals surface area contributed by atoms with Crippen LogP contribution in [0.2, 0.25) is 0 Å². The average molecular weight is 309 g/mol. The summed E-state index contributed by atoms with van der Waals surface area (Å²) in [4.78, 5) is 6.70. The van der Waals surface area contributed by atoms with Gasteiger partial charge in [-0.2, -0.15) is 5.26 Å². The molecule has 0 N–H and O–H groups in total. The molecular formula is C18H19N3O2. The van der Waals surface area contributed by atoms with Crippen LogP contribution >= 0.6 is 0 Å². The Labute approximate surface area is 136 Å². The minimum Gasteiger partial charge on any atom is -0.497 e. The molecule has 0 bridgehead atoms. The molecule has 0 radical (unpaired) electrons. The Kier molecular flexibility index (Phi) is 4.33. The number of ether oxygens (including phenoxy) is 2. The van der Waals surface area contributed by atoms with E-state index in [4.69, 9.17) is 14.7 Å². The second kappa shape index (κ2) is 6.57. The van der Waals surface area contributed by atoms with E-state index in [1.165, 1.54) is 0 Å². The third kappa shape index (κ3) is 2.93. The van der Waals surface area contributed by atoms with Gasteiger partial charge in [-0.15, -0.1) is 0 Å². The van der Waals surface area contributed by atoms with Crippen LogP contribution in [-0.2, 0) is 0 Å². The molecule has 118 valence electrons. The molecule has 1 aliphatic heterocycles. The van der Waals surface area contributed by atoms with Crippen LogP contribution in [0.25, 0.3) is 0 Å². The summed E-state index contributed by atoms with van der Waals surface area (Å²) in [6.45, 7) is 0.934. The van der Waals surface area contributed by atoms with E-state index in [-0.39, 0.29) is 6.04 Å². The molecule has 2 heterocycles. The summed E-state index contributed by atoms with van der Waals surface area (Å²) in [5, 5.41) is 8.92. The molecule has 1 saturated heterocycles. The minimum absolute atomic E-state index is 0.195. The van der Waals surface area contributed by atoms with Crippen molar-refractivity contribution in [2.75, 3.05) is 25.7 Å². The van der Waals surface area contributed by atoms with Gasteiger partial charge < -0.3 is 14.4 Å². The highest BCUT2D eigenvalue weighted by Crippen LogP contribution is 2.40. The second-order valence-corrected chi connectivity index (χ2v) is 5.48. The van der Waals surface area contributed by atoms with Crippen LogP contribution in [0, 0.1) is 11.3 Å². The SMILES string of the molecule is COc1ccc(OC)c(C2CCCN2c2ccc(C#N)cn2)c1. The first kappa shape index (κ1) is 15.2. The molecule has 0 amide bonds. The number of pyridine rings is 1. The third-order valence-corrected chi connectivity index (χ3v) is 4.22. The summed E-state index contributed by atoms with van der Waals surface area (Å²) in [5.74, 6) is 2.56. The summed E-state index contributed by atoms with van der Waals surface area (Å²) in [6.07, 6.45) is 3.74. The number of nitriles is 1. The van der Waals surface area contributed by atoms with E-state index in [0.717, 1.165) is 42.3 Å². The van der Waals surface area contributed by atoms with Crippen molar-refractivity contribution in [3.8, 4) is 17.6 Å². The molecule has 5 heteroatoms. The minimum atomic E-state index is 0.195.